The molecular weight excluding hydrogens is 257 g/mol. The van der Waals surface area contributed by atoms with Gasteiger partial charge in [-0.05, 0) is 12.1 Å². The second kappa shape index (κ2) is 4.74. The van der Waals surface area contributed by atoms with Crippen LogP contribution >= 0.6 is 0 Å². The Balaban J connectivity index is 2.32. The van der Waals surface area contributed by atoms with Crippen LogP contribution < -0.4 is 0 Å². The van der Waals surface area contributed by atoms with E-state index in [1.165, 1.54) is 12.1 Å². The van der Waals surface area contributed by atoms with Crippen molar-refractivity contribution in [3.8, 4) is 11.1 Å². The van der Waals surface area contributed by atoms with Crippen molar-refractivity contribution in [3.05, 3.63) is 66.1 Å². The van der Waals surface area contributed by atoms with Crippen molar-refractivity contribution in [1.82, 2.24) is 4.98 Å². The molecule has 0 unspecified atom stereocenters. The number of carboxylic acids is 1. The third-order valence-corrected chi connectivity index (χ3v) is 3.15. The molecular formula is C16H10FNO2. The molecule has 0 atom stereocenters. The highest BCUT2D eigenvalue weighted by atomic mass is 19.1. The normalized spacial score (nSPS) is 10.7. The Morgan fingerprint density at radius 3 is 2.50 bits per heavy atom. The summed E-state index contributed by atoms with van der Waals surface area (Å²) in [6.45, 7) is 0. The van der Waals surface area contributed by atoms with Gasteiger partial charge in [0, 0.05) is 22.7 Å². The standard InChI is InChI=1S/C16H10FNO2/c17-14-11(6-2-8-13(14)16(19)20)12-7-1-4-10-5-3-9-18-15(10)12/h1-9H,(H,19,20). The van der Waals surface area contributed by atoms with Gasteiger partial charge in [-0.2, -0.15) is 0 Å². The first-order valence-electron chi connectivity index (χ1n) is 6.04. The van der Waals surface area contributed by atoms with Gasteiger partial charge in [-0.25, -0.2) is 9.18 Å². The highest BCUT2D eigenvalue weighted by Gasteiger charge is 2.16. The summed E-state index contributed by atoms with van der Waals surface area (Å²) in [5.74, 6) is -2.02. The van der Waals surface area contributed by atoms with Crippen molar-refractivity contribution in [1.29, 1.82) is 0 Å². The zero-order chi connectivity index (χ0) is 14.1. The molecule has 3 nitrogen and oxygen atoms in total. The molecule has 0 amide bonds. The quantitative estimate of drug-likeness (QED) is 0.769. The number of nitrogens with zero attached hydrogens (tertiary/aromatic N) is 1. The molecule has 1 N–H and O–H groups in total. The number of pyridine rings is 1. The zero-order valence-electron chi connectivity index (χ0n) is 10.4. The molecule has 0 spiro atoms. The Morgan fingerprint density at radius 1 is 1.00 bits per heavy atom. The predicted molar refractivity (Wildman–Crippen MR) is 74.1 cm³/mol. The van der Waals surface area contributed by atoms with E-state index in [9.17, 15) is 9.18 Å². The molecule has 2 aromatic carbocycles. The van der Waals surface area contributed by atoms with E-state index in [0.717, 1.165) is 5.39 Å². The lowest BCUT2D eigenvalue weighted by Crippen LogP contribution is -2.02. The van der Waals surface area contributed by atoms with Crippen LogP contribution in [0.3, 0.4) is 0 Å². The lowest BCUT2D eigenvalue weighted by molar-refractivity contribution is 0.0692. The summed E-state index contributed by atoms with van der Waals surface area (Å²) in [6, 6.07) is 13.4. The Bertz CT molecular complexity index is 809. The largest absolute Gasteiger partial charge is 0.478 e. The van der Waals surface area contributed by atoms with Crippen LogP contribution in [0.4, 0.5) is 4.39 Å². The van der Waals surface area contributed by atoms with E-state index in [1.54, 1.807) is 30.5 Å². The van der Waals surface area contributed by atoms with Gasteiger partial charge < -0.3 is 5.11 Å². The van der Waals surface area contributed by atoms with E-state index in [4.69, 9.17) is 5.11 Å². The third kappa shape index (κ3) is 1.91. The van der Waals surface area contributed by atoms with E-state index in [2.05, 4.69) is 4.98 Å². The number of hydrogen-bond acceptors (Lipinski definition) is 2. The molecule has 0 fully saturated rings. The van der Waals surface area contributed by atoms with Crippen molar-refractivity contribution >= 4 is 16.9 Å². The number of halogens is 1. The second-order valence-corrected chi connectivity index (χ2v) is 4.35. The Kier molecular flexibility index (Phi) is 2.91. The van der Waals surface area contributed by atoms with Gasteiger partial charge in [0.1, 0.15) is 5.82 Å². The summed E-state index contributed by atoms with van der Waals surface area (Å²) in [6.07, 6.45) is 1.63. The van der Waals surface area contributed by atoms with E-state index < -0.39 is 11.8 Å². The second-order valence-electron chi connectivity index (χ2n) is 4.35. The van der Waals surface area contributed by atoms with Gasteiger partial charge in [-0.3, -0.25) is 4.98 Å². The van der Waals surface area contributed by atoms with Gasteiger partial charge in [0.2, 0.25) is 0 Å². The first-order chi connectivity index (χ1) is 9.68. The van der Waals surface area contributed by atoms with Crippen LogP contribution in [0.15, 0.2) is 54.7 Å². The molecule has 20 heavy (non-hydrogen) atoms. The first kappa shape index (κ1) is 12.3. The molecule has 0 saturated heterocycles. The summed E-state index contributed by atoms with van der Waals surface area (Å²) >= 11 is 0. The average molecular weight is 267 g/mol. The van der Waals surface area contributed by atoms with E-state index >= 15 is 0 Å². The SMILES string of the molecule is O=C(O)c1cccc(-c2cccc3cccnc23)c1F. The van der Waals surface area contributed by atoms with Crippen LogP contribution in [0.25, 0.3) is 22.0 Å². The minimum atomic E-state index is -1.28. The lowest BCUT2D eigenvalue weighted by Gasteiger charge is -2.08. The summed E-state index contributed by atoms with van der Waals surface area (Å²) in [7, 11) is 0. The molecule has 3 rings (SSSR count). The molecule has 98 valence electrons. The van der Waals surface area contributed by atoms with Crippen molar-refractivity contribution < 1.29 is 14.3 Å². The van der Waals surface area contributed by atoms with E-state index in [1.807, 2.05) is 12.1 Å². The van der Waals surface area contributed by atoms with E-state index in [-0.39, 0.29) is 11.1 Å². The summed E-state index contributed by atoms with van der Waals surface area (Å²) in [4.78, 5) is 15.3. The first-order valence-corrected chi connectivity index (χ1v) is 6.04. The smallest absolute Gasteiger partial charge is 0.338 e. The highest BCUT2D eigenvalue weighted by Crippen LogP contribution is 2.30. The Labute approximate surface area is 114 Å². The fourth-order valence-corrected chi connectivity index (χ4v) is 2.23. The monoisotopic (exact) mass is 267 g/mol. The molecule has 0 aliphatic rings. The fraction of sp³-hybridized carbons (Fsp3) is 0. The third-order valence-electron chi connectivity index (χ3n) is 3.15. The molecule has 0 aliphatic heterocycles. The molecule has 1 aromatic heterocycles. The number of aromatic nitrogens is 1. The van der Waals surface area contributed by atoms with Gasteiger partial charge in [0.15, 0.2) is 0 Å². The average Bonchev–Trinajstić information content (AvgIpc) is 2.47. The van der Waals surface area contributed by atoms with Crippen LogP contribution in [0.5, 0.6) is 0 Å². The summed E-state index contributed by atoms with van der Waals surface area (Å²) in [5.41, 5.74) is 1.14. The predicted octanol–water partition coefficient (Wildman–Crippen LogP) is 3.74. The van der Waals surface area contributed by atoms with Gasteiger partial charge in [-0.1, -0.05) is 36.4 Å². The summed E-state index contributed by atoms with van der Waals surface area (Å²) in [5, 5.41) is 9.87. The van der Waals surface area contributed by atoms with Crippen molar-refractivity contribution in [2.24, 2.45) is 0 Å². The Morgan fingerprint density at radius 2 is 1.70 bits per heavy atom. The molecule has 1 heterocycles. The summed E-state index contributed by atoms with van der Waals surface area (Å²) < 4.78 is 14.3. The van der Waals surface area contributed by atoms with Gasteiger partial charge in [0.25, 0.3) is 0 Å². The molecule has 0 bridgehead atoms. The van der Waals surface area contributed by atoms with Gasteiger partial charge in [0.05, 0.1) is 11.1 Å². The van der Waals surface area contributed by atoms with Crippen LogP contribution in [0.1, 0.15) is 10.4 Å². The van der Waals surface area contributed by atoms with Crippen molar-refractivity contribution in [2.45, 2.75) is 0 Å². The number of para-hydroxylation sites is 1. The van der Waals surface area contributed by atoms with Crippen molar-refractivity contribution in [2.75, 3.05) is 0 Å². The lowest BCUT2D eigenvalue weighted by atomic mass is 9.99. The molecule has 0 saturated carbocycles. The minimum Gasteiger partial charge on any atom is -0.478 e. The van der Waals surface area contributed by atoms with Crippen LogP contribution in [0, 0.1) is 5.82 Å². The zero-order valence-corrected chi connectivity index (χ0v) is 10.4. The maximum Gasteiger partial charge on any atom is 0.338 e. The number of carboxylic acid groups (broad SMARTS) is 1. The van der Waals surface area contributed by atoms with Crippen LogP contribution in [0.2, 0.25) is 0 Å². The maximum absolute atomic E-state index is 14.3. The number of aromatic carboxylic acids is 1. The number of rotatable bonds is 2. The topological polar surface area (TPSA) is 50.2 Å². The number of hydrogen-bond donors (Lipinski definition) is 1. The highest BCUT2D eigenvalue weighted by molar-refractivity contribution is 5.96. The molecule has 4 heteroatoms. The minimum absolute atomic E-state index is 0.245. The number of carbonyl (C=O) groups is 1. The maximum atomic E-state index is 14.3. The number of fused-ring (bicyclic) bond motifs is 1. The molecule has 0 aliphatic carbocycles. The molecule has 0 radical (unpaired) electrons. The van der Waals surface area contributed by atoms with E-state index in [0.29, 0.717) is 11.1 Å². The van der Waals surface area contributed by atoms with Gasteiger partial charge >= 0.3 is 5.97 Å². The fourth-order valence-electron chi connectivity index (χ4n) is 2.23. The number of benzene rings is 2. The van der Waals surface area contributed by atoms with Crippen LogP contribution in [-0.4, -0.2) is 16.1 Å². The van der Waals surface area contributed by atoms with Crippen LogP contribution in [-0.2, 0) is 0 Å². The van der Waals surface area contributed by atoms with Crippen molar-refractivity contribution in [3.63, 3.8) is 0 Å². The molecule has 3 aromatic rings. The van der Waals surface area contributed by atoms with Gasteiger partial charge in [-0.15, -0.1) is 0 Å². The Hall–Kier alpha value is -2.75.